The van der Waals surface area contributed by atoms with Crippen LogP contribution >= 0.6 is 0 Å². The summed E-state index contributed by atoms with van der Waals surface area (Å²) in [6.07, 6.45) is 4.31. The molecular weight excluding hydrogens is 162 g/mol. The fraction of sp³-hybridized carbons (Fsp3) is 0.818. The molecule has 0 radical (unpaired) electrons. The molecule has 0 spiro atoms. The molecule has 1 saturated heterocycles. The standard InChI is InChI=1S/C11H21NO/c1-3-9(2)6-11(12)7-10-4-5-13-8-10/h10-11H,2-8,12H2,1H3. The molecule has 2 nitrogen and oxygen atoms in total. The Bertz CT molecular complexity index is 161. The highest BCUT2D eigenvalue weighted by atomic mass is 16.5. The Balaban J connectivity index is 2.16. The lowest BCUT2D eigenvalue weighted by atomic mass is 9.95. The van der Waals surface area contributed by atoms with E-state index in [2.05, 4.69) is 13.5 Å². The van der Waals surface area contributed by atoms with Crippen molar-refractivity contribution in [1.29, 1.82) is 0 Å². The minimum absolute atomic E-state index is 0.291. The van der Waals surface area contributed by atoms with Crippen LogP contribution in [-0.2, 0) is 4.74 Å². The van der Waals surface area contributed by atoms with Crippen molar-refractivity contribution in [2.24, 2.45) is 11.7 Å². The van der Waals surface area contributed by atoms with E-state index in [0.29, 0.717) is 12.0 Å². The third-order valence-electron chi connectivity index (χ3n) is 2.71. The first kappa shape index (κ1) is 10.7. The van der Waals surface area contributed by atoms with Crippen LogP contribution in [0.5, 0.6) is 0 Å². The molecule has 0 aromatic heterocycles. The average molecular weight is 183 g/mol. The molecule has 2 N–H and O–H groups in total. The van der Waals surface area contributed by atoms with Crippen LogP contribution in [0.4, 0.5) is 0 Å². The van der Waals surface area contributed by atoms with E-state index in [4.69, 9.17) is 10.5 Å². The molecule has 1 aliphatic rings. The topological polar surface area (TPSA) is 35.2 Å². The molecule has 0 aromatic rings. The summed E-state index contributed by atoms with van der Waals surface area (Å²) < 4.78 is 5.31. The SMILES string of the molecule is C=C(CC)CC(N)CC1CCOC1. The van der Waals surface area contributed by atoms with Crippen molar-refractivity contribution in [2.45, 2.75) is 38.6 Å². The summed E-state index contributed by atoms with van der Waals surface area (Å²) in [6, 6.07) is 0.291. The van der Waals surface area contributed by atoms with Gasteiger partial charge in [0.25, 0.3) is 0 Å². The van der Waals surface area contributed by atoms with E-state index in [9.17, 15) is 0 Å². The molecule has 0 aliphatic carbocycles. The average Bonchev–Trinajstić information content (AvgIpc) is 2.56. The van der Waals surface area contributed by atoms with Crippen LogP contribution in [0.1, 0.15) is 32.6 Å². The monoisotopic (exact) mass is 183 g/mol. The van der Waals surface area contributed by atoms with Crippen molar-refractivity contribution in [3.8, 4) is 0 Å². The highest BCUT2D eigenvalue weighted by molar-refractivity contribution is 4.96. The maximum atomic E-state index is 6.01. The number of rotatable bonds is 5. The zero-order valence-corrected chi connectivity index (χ0v) is 8.59. The maximum Gasteiger partial charge on any atom is 0.0495 e. The van der Waals surface area contributed by atoms with Gasteiger partial charge in [0.2, 0.25) is 0 Å². The van der Waals surface area contributed by atoms with Crippen molar-refractivity contribution in [3.63, 3.8) is 0 Å². The van der Waals surface area contributed by atoms with Crippen LogP contribution in [0.3, 0.4) is 0 Å². The Hall–Kier alpha value is -0.340. The molecule has 1 heterocycles. The molecule has 76 valence electrons. The third kappa shape index (κ3) is 3.92. The first-order valence-electron chi connectivity index (χ1n) is 5.22. The summed E-state index contributed by atoms with van der Waals surface area (Å²) in [5.41, 5.74) is 7.28. The van der Waals surface area contributed by atoms with Crippen molar-refractivity contribution in [2.75, 3.05) is 13.2 Å². The molecule has 0 bridgehead atoms. The number of nitrogens with two attached hydrogens (primary N) is 1. The Morgan fingerprint density at radius 1 is 1.69 bits per heavy atom. The van der Waals surface area contributed by atoms with Gasteiger partial charge in [0.15, 0.2) is 0 Å². The van der Waals surface area contributed by atoms with E-state index in [0.717, 1.165) is 32.5 Å². The largest absolute Gasteiger partial charge is 0.381 e. The molecule has 2 unspecified atom stereocenters. The smallest absolute Gasteiger partial charge is 0.0495 e. The van der Waals surface area contributed by atoms with Gasteiger partial charge in [-0.3, -0.25) is 0 Å². The van der Waals surface area contributed by atoms with Gasteiger partial charge in [-0.25, -0.2) is 0 Å². The Morgan fingerprint density at radius 3 is 3.00 bits per heavy atom. The maximum absolute atomic E-state index is 6.01. The van der Waals surface area contributed by atoms with Gasteiger partial charge in [-0.15, -0.1) is 0 Å². The molecule has 1 fully saturated rings. The van der Waals surface area contributed by atoms with Crippen LogP contribution in [0.25, 0.3) is 0 Å². The normalized spacial score (nSPS) is 24.6. The first-order valence-corrected chi connectivity index (χ1v) is 5.22. The Morgan fingerprint density at radius 2 is 2.46 bits per heavy atom. The van der Waals surface area contributed by atoms with E-state index < -0.39 is 0 Å². The Labute approximate surface area is 81.1 Å². The van der Waals surface area contributed by atoms with E-state index >= 15 is 0 Å². The number of hydrogen-bond donors (Lipinski definition) is 1. The molecule has 0 amide bonds. The van der Waals surface area contributed by atoms with E-state index in [1.165, 1.54) is 12.0 Å². The van der Waals surface area contributed by atoms with Gasteiger partial charge in [-0.05, 0) is 31.6 Å². The summed E-state index contributed by atoms with van der Waals surface area (Å²) >= 11 is 0. The molecule has 2 heteroatoms. The van der Waals surface area contributed by atoms with Crippen LogP contribution < -0.4 is 5.73 Å². The number of hydrogen-bond acceptors (Lipinski definition) is 2. The summed E-state index contributed by atoms with van der Waals surface area (Å²) in [4.78, 5) is 0. The lowest BCUT2D eigenvalue weighted by Gasteiger charge is -2.15. The van der Waals surface area contributed by atoms with Crippen LogP contribution in [0.2, 0.25) is 0 Å². The molecular formula is C11H21NO. The molecule has 0 aromatic carbocycles. The van der Waals surface area contributed by atoms with Crippen molar-refractivity contribution in [1.82, 2.24) is 0 Å². The van der Waals surface area contributed by atoms with Gasteiger partial charge >= 0.3 is 0 Å². The minimum Gasteiger partial charge on any atom is -0.381 e. The number of ether oxygens (including phenoxy) is 1. The lowest BCUT2D eigenvalue weighted by molar-refractivity contribution is 0.182. The first-order chi connectivity index (χ1) is 6.22. The van der Waals surface area contributed by atoms with Crippen LogP contribution in [-0.4, -0.2) is 19.3 Å². The highest BCUT2D eigenvalue weighted by Gasteiger charge is 2.18. The van der Waals surface area contributed by atoms with Gasteiger partial charge in [-0.1, -0.05) is 19.1 Å². The second kappa shape index (κ2) is 5.40. The summed E-state index contributed by atoms with van der Waals surface area (Å²) in [6.45, 7) is 7.94. The molecule has 0 saturated carbocycles. The zero-order chi connectivity index (χ0) is 9.68. The summed E-state index contributed by atoms with van der Waals surface area (Å²) in [5.74, 6) is 0.694. The minimum atomic E-state index is 0.291. The Kier molecular flexibility index (Phi) is 4.46. The zero-order valence-electron chi connectivity index (χ0n) is 8.59. The summed E-state index contributed by atoms with van der Waals surface area (Å²) in [7, 11) is 0. The fourth-order valence-corrected chi connectivity index (χ4v) is 1.80. The highest BCUT2D eigenvalue weighted by Crippen LogP contribution is 2.20. The predicted molar refractivity (Wildman–Crippen MR) is 55.6 cm³/mol. The van der Waals surface area contributed by atoms with Crippen molar-refractivity contribution < 1.29 is 4.74 Å². The van der Waals surface area contributed by atoms with E-state index in [1.807, 2.05) is 0 Å². The van der Waals surface area contributed by atoms with Gasteiger partial charge in [0, 0.05) is 19.3 Å². The van der Waals surface area contributed by atoms with Gasteiger partial charge in [-0.2, -0.15) is 0 Å². The van der Waals surface area contributed by atoms with Gasteiger partial charge < -0.3 is 10.5 Å². The summed E-state index contributed by atoms with van der Waals surface area (Å²) in [5, 5.41) is 0. The quantitative estimate of drug-likeness (QED) is 0.662. The third-order valence-corrected chi connectivity index (χ3v) is 2.71. The van der Waals surface area contributed by atoms with Gasteiger partial charge in [0.05, 0.1) is 0 Å². The molecule has 2 atom stereocenters. The van der Waals surface area contributed by atoms with Crippen LogP contribution in [0.15, 0.2) is 12.2 Å². The predicted octanol–water partition coefficient (Wildman–Crippen LogP) is 2.10. The lowest BCUT2D eigenvalue weighted by Crippen LogP contribution is -2.24. The van der Waals surface area contributed by atoms with E-state index in [1.54, 1.807) is 0 Å². The molecule has 1 rings (SSSR count). The van der Waals surface area contributed by atoms with Crippen molar-refractivity contribution >= 4 is 0 Å². The second-order valence-electron chi connectivity index (χ2n) is 4.03. The van der Waals surface area contributed by atoms with Crippen LogP contribution in [0, 0.1) is 5.92 Å². The molecule has 1 aliphatic heterocycles. The van der Waals surface area contributed by atoms with Crippen molar-refractivity contribution in [3.05, 3.63) is 12.2 Å². The van der Waals surface area contributed by atoms with E-state index in [-0.39, 0.29) is 0 Å². The molecule has 13 heavy (non-hydrogen) atoms. The second-order valence-corrected chi connectivity index (χ2v) is 4.03. The fourth-order valence-electron chi connectivity index (χ4n) is 1.80. The van der Waals surface area contributed by atoms with Gasteiger partial charge in [0.1, 0.15) is 0 Å².